The van der Waals surface area contributed by atoms with Gasteiger partial charge in [-0.05, 0) is 60.3 Å². The van der Waals surface area contributed by atoms with Gasteiger partial charge < -0.3 is 25.1 Å². The molecule has 186 valence electrons. The lowest BCUT2D eigenvalue weighted by Crippen LogP contribution is -2.49. The van der Waals surface area contributed by atoms with E-state index in [0.717, 1.165) is 55.3 Å². The minimum atomic E-state index is -0.817. The molecule has 9 heteroatoms. The molecule has 2 heterocycles. The Morgan fingerprint density at radius 1 is 1.06 bits per heavy atom. The van der Waals surface area contributed by atoms with Crippen LogP contribution >= 0.6 is 11.9 Å². The number of amides is 2. The summed E-state index contributed by atoms with van der Waals surface area (Å²) in [6, 6.07) is 15.2. The predicted molar refractivity (Wildman–Crippen MR) is 138 cm³/mol. The highest BCUT2D eigenvalue weighted by Gasteiger charge is 2.32. The molecule has 2 saturated heterocycles. The van der Waals surface area contributed by atoms with Crippen LogP contribution in [0.3, 0.4) is 0 Å². The number of nitrogens with one attached hydrogen (secondary N) is 2. The average molecular weight is 497 g/mol. The average Bonchev–Trinajstić information content (AvgIpc) is 2.87. The summed E-state index contributed by atoms with van der Waals surface area (Å²) in [7, 11) is 0. The Morgan fingerprint density at radius 2 is 1.77 bits per heavy atom. The molecule has 2 aliphatic rings. The van der Waals surface area contributed by atoms with Crippen molar-refractivity contribution >= 4 is 40.8 Å². The van der Waals surface area contributed by atoms with Crippen LogP contribution < -0.4 is 10.2 Å². The van der Waals surface area contributed by atoms with Crippen molar-refractivity contribution in [2.24, 2.45) is 0 Å². The summed E-state index contributed by atoms with van der Waals surface area (Å²) in [4.78, 5) is 28.5. The number of hydrogen-bond donors (Lipinski definition) is 2. The van der Waals surface area contributed by atoms with E-state index in [4.69, 9.17) is 14.9 Å². The smallest absolute Gasteiger partial charge is 0.256 e. The SMILES string of the molecule is CCCC(=N)c1ccc(NC(=O)CC2OCCN(c3ccc(SN4CCOCC4)cc3)C2=O)cc1. The molecule has 0 aliphatic carbocycles. The third-order valence-corrected chi connectivity index (χ3v) is 7.02. The molecule has 0 radical (unpaired) electrons. The van der Waals surface area contributed by atoms with Crippen LogP contribution in [0.2, 0.25) is 0 Å². The highest BCUT2D eigenvalue weighted by atomic mass is 32.2. The maximum Gasteiger partial charge on any atom is 0.256 e. The van der Waals surface area contributed by atoms with Gasteiger partial charge in [-0.1, -0.05) is 25.5 Å². The predicted octanol–water partition coefficient (Wildman–Crippen LogP) is 3.95. The lowest BCUT2D eigenvalue weighted by Gasteiger charge is -2.32. The van der Waals surface area contributed by atoms with Gasteiger partial charge in [-0.3, -0.25) is 9.59 Å². The van der Waals surface area contributed by atoms with Crippen LogP contribution in [0, 0.1) is 5.41 Å². The summed E-state index contributed by atoms with van der Waals surface area (Å²) < 4.78 is 13.3. The molecule has 2 N–H and O–H groups in total. The number of carbonyl (C=O) groups excluding carboxylic acids is 2. The van der Waals surface area contributed by atoms with E-state index in [2.05, 4.69) is 9.62 Å². The molecular formula is C26H32N4O4S. The van der Waals surface area contributed by atoms with Gasteiger partial charge in [-0.25, -0.2) is 4.31 Å². The van der Waals surface area contributed by atoms with E-state index in [1.54, 1.807) is 29.0 Å². The highest BCUT2D eigenvalue weighted by Crippen LogP contribution is 2.27. The zero-order valence-electron chi connectivity index (χ0n) is 20.0. The third kappa shape index (κ3) is 6.91. The van der Waals surface area contributed by atoms with Crippen LogP contribution in [0.25, 0.3) is 0 Å². The van der Waals surface area contributed by atoms with Gasteiger partial charge in [0, 0.05) is 41.6 Å². The molecule has 2 aromatic carbocycles. The van der Waals surface area contributed by atoms with Gasteiger partial charge in [0.05, 0.1) is 26.2 Å². The topological polar surface area (TPSA) is 95.0 Å². The number of morpholine rings is 2. The van der Waals surface area contributed by atoms with E-state index in [1.165, 1.54) is 0 Å². The fourth-order valence-electron chi connectivity index (χ4n) is 4.05. The van der Waals surface area contributed by atoms with Crippen LogP contribution in [-0.4, -0.2) is 67.4 Å². The molecule has 1 unspecified atom stereocenters. The lowest BCUT2D eigenvalue weighted by molar-refractivity contribution is -0.137. The van der Waals surface area contributed by atoms with E-state index in [1.807, 2.05) is 43.3 Å². The molecule has 1 atom stereocenters. The van der Waals surface area contributed by atoms with Crippen molar-refractivity contribution in [2.75, 3.05) is 49.7 Å². The second kappa shape index (κ2) is 12.3. The zero-order valence-corrected chi connectivity index (χ0v) is 20.8. The summed E-state index contributed by atoms with van der Waals surface area (Å²) in [5, 5.41) is 10.9. The van der Waals surface area contributed by atoms with E-state index in [-0.39, 0.29) is 18.2 Å². The van der Waals surface area contributed by atoms with Gasteiger partial charge in [0.25, 0.3) is 5.91 Å². The standard InChI is InChI=1S/C26H32N4O4S/c1-2-3-23(27)19-4-6-20(7-5-19)28-25(31)18-24-26(32)30(14-17-34-24)21-8-10-22(11-9-21)35-29-12-15-33-16-13-29/h4-11,24,27H,2-3,12-18H2,1H3,(H,28,31). The molecule has 2 amide bonds. The molecule has 2 aromatic rings. The number of anilines is 2. The highest BCUT2D eigenvalue weighted by molar-refractivity contribution is 7.97. The van der Waals surface area contributed by atoms with Gasteiger partial charge in [-0.15, -0.1) is 0 Å². The van der Waals surface area contributed by atoms with Crippen molar-refractivity contribution in [3.8, 4) is 0 Å². The maximum atomic E-state index is 13.1. The second-order valence-corrected chi connectivity index (χ2v) is 9.70. The summed E-state index contributed by atoms with van der Waals surface area (Å²) in [5.41, 5.74) is 2.87. The molecule has 2 aliphatic heterocycles. The first-order valence-corrected chi connectivity index (χ1v) is 12.8. The quantitative estimate of drug-likeness (QED) is 0.403. The summed E-state index contributed by atoms with van der Waals surface area (Å²) in [6.07, 6.45) is 0.775. The van der Waals surface area contributed by atoms with Crippen molar-refractivity contribution in [2.45, 2.75) is 37.2 Å². The number of hydrogen-bond acceptors (Lipinski definition) is 7. The van der Waals surface area contributed by atoms with Crippen molar-refractivity contribution in [3.63, 3.8) is 0 Å². The third-order valence-electron chi connectivity index (χ3n) is 5.92. The number of nitrogens with zero attached hydrogens (tertiary/aromatic N) is 2. The van der Waals surface area contributed by atoms with Gasteiger partial charge in [0.1, 0.15) is 6.10 Å². The number of benzene rings is 2. The van der Waals surface area contributed by atoms with Crippen LogP contribution in [0.15, 0.2) is 53.4 Å². The minimum Gasteiger partial charge on any atom is -0.379 e. The Hall–Kier alpha value is -2.72. The van der Waals surface area contributed by atoms with Crippen molar-refractivity contribution in [1.82, 2.24) is 4.31 Å². The molecule has 0 bridgehead atoms. The number of rotatable bonds is 9. The zero-order chi connectivity index (χ0) is 24.6. The maximum absolute atomic E-state index is 13.1. The molecule has 0 aromatic heterocycles. The summed E-state index contributed by atoms with van der Waals surface area (Å²) in [5.74, 6) is -0.484. The van der Waals surface area contributed by atoms with Crippen molar-refractivity contribution < 1.29 is 19.1 Å². The Balaban J connectivity index is 1.31. The van der Waals surface area contributed by atoms with E-state index >= 15 is 0 Å². The van der Waals surface area contributed by atoms with Gasteiger partial charge in [0.15, 0.2) is 0 Å². The van der Waals surface area contributed by atoms with Crippen molar-refractivity contribution in [1.29, 1.82) is 5.41 Å². The van der Waals surface area contributed by atoms with Crippen molar-refractivity contribution in [3.05, 3.63) is 54.1 Å². The molecule has 35 heavy (non-hydrogen) atoms. The van der Waals surface area contributed by atoms with Gasteiger partial charge >= 0.3 is 0 Å². The van der Waals surface area contributed by atoms with E-state index in [0.29, 0.717) is 24.6 Å². The normalized spacial score (nSPS) is 18.9. The molecular weight excluding hydrogens is 464 g/mol. The Bertz CT molecular complexity index is 1020. The molecule has 2 fully saturated rings. The number of ether oxygens (including phenoxy) is 2. The fourth-order valence-corrected chi connectivity index (χ4v) is 4.94. The first-order valence-electron chi connectivity index (χ1n) is 12.0. The fraction of sp³-hybridized carbons (Fsp3) is 0.423. The van der Waals surface area contributed by atoms with Gasteiger partial charge in [0.2, 0.25) is 5.91 Å². The Labute approximate surface area is 210 Å². The Morgan fingerprint density at radius 3 is 2.46 bits per heavy atom. The van der Waals surface area contributed by atoms with Crippen LogP contribution in [0.5, 0.6) is 0 Å². The van der Waals surface area contributed by atoms with Gasteiger partial charge in [-0.2, -0.15) is 0 Å². The van der Waals surface area contributed by atoms with Crippen LogP contribution in [-0.2, 0) is 19.1 Å². The molecule has 8 nitrogen and oxygen atoms in total. The van der Waals surface area contributed by atoms with Crippen LogP contribution in [0.1, 0.15) is 31.7 Å². The summed E-state index contributed by atoms with van der Waals surface area (Å²) in [6.45, 7) is 6.16. The second-order valence-electron chi connectivity index (χ2n) is 8.53. The van der Waals surface area contributed by atoms with E-state index in [9.17, 15) is 9.59 Å². The molecule has 4 rings (SSSR count). The monoisotopic (exact) mass is 496 g/mol. The minimum absolute atomic E-state index is 0.0479. The molecule has 0 saturated carbocycles. The largest absolute Gasteiger partial charge is 0.379 e. The Kier molecular flexibility index (Phi) is 8.92. The number of carbonyl (C=O) groups is 2. The van der Waals surface area contributed by atoms with E-state index < -0.39 is 6.10 Å². The first kappa shape index (κ1) is 25.4. The summed E-state index contributed by atoms with van der Waals surface area (Å²) >= 11 is 1.70. The molecule has 0 spiro atoms. The van der Waals surface area contributed by atoms with Crippen LogP contribution in [0.4, 0.5) is 11.4 Å². The lowest BCUT2D eigenvalue weighted by atomic mass is 10.1. The first-order chi connectivity index (χ1) is 17.0.